The first-order valence-corrected chi connectivity index (χ1v) is 12.8. The number of ether oxygens (including phenoxy) is 5. The first-order valence-electron chi connectivity index (χ1n) is 12.8. The Kier molecular flexibility index (Phi) is 8.64. The van der Waals surface area contributed by atoms with E-state index in [1.54, 1.807) is 91.0 Å². The monoisotopic (exact) mass is 571 g/mol. The summed E-state index contributed by atoms with van der Waals surface area (Å²) >= 11 is 0. The molecule has 4 atom stereocenters. The fourth-order valence-corrected chi connectivity index (χ4v) is 4.24. The lowest BCUT2D eigenvalue weighted by Crippen LogP contribution is -2.41. The third-order valence-electron chi connectivity index (χ3n) is 6.31. The molecular formula is C30H25N3O9. The molecule has 1 fully saturated rings. The fourth-order valence-electron chi connectivity index (χ4n) is 4.24. The minimum atomic E-state index is -1.32. The first kappa shape index (κ1) is 28.2. The highest BCUT2D eigenvalue weighted by Gasteiger charge is 2.52. The van der Waals surface area contributed by atoms with Gasteiger partial charge in [-0.2, -0.15) is 9.90 Å². The number of benzene rings is 3. The van der Waals surface area contributed by atoms with Crippen molar-refractivity contribution in [3.05, 3.63) is 120 Å². The molecule has 0 N–H and O–H groups in total. The fraction of sp³-hybridized carbons (Fsp3) is 0.200. The van der Waals surface area contributed by atoms with E-state index in [0.29, 0.717) is 5.56 Å². The molecule has 12 heteroatoms. The van der Waals surface area contributed by atoms with Gasteiger partial charge in [-0.25, -0.2) is 19.2 Å². The molecule has 0 spiro atoms. The number of hydrogen-bond acceptors (Lipinski definition) is 11. The van der Waals surface area contributed by atoms with Crippen LogP contribution in [-0.2, 0) is 23.7 Å². The zero-order chi connectivity index (χ0) is 29.5. The predicted molar refractivity (Wildman–Crippen MR) is 143 cm³/mol. The van der Waals surface area contributed by atoms with Crippen molar-refractivity contribution in [2.45, 2.75) is 24.5 Å². The molecule has 1 aliphatic rings. The Balaban J connectivity index is 1.47. The number of nitrogens with zero attached hydrogens (tertiary/aromatic N) is 3. The highest BCUT2D eigenvalue weighted by Crippen LogP contribution is 2.35. The van der Waals surface area contributed by atoms with Crippen molar-refractivity contribution >= 4 is 23.9 Å². The van der Waals surface area contributed by atoms with Crippen LogP contribution in [0.4, 0.5) is 0 Å². The van der Waals surface area contributed by atoms with Gasteiger partial charge in [-0.05, 0) is 36.4 Å². The molecule has 0 unspecified atom stereocenters. The normalized spacial score (nSPS) is 19.5. The summed E-state index contributed by atoms with van der Waals surface area (Å²) in [6.07, 6.45) is -3.82. The van der Waals surface area contributed by atoms with Gasteiger partial charge < -0.3 is 23.7 Å². The quantitative estimate of drug-likeness (QED) is 0.216. The van der Waals surface area contributed by atoms with E-state index in [1.165, 1.54) is 7.11 Å². The smallest absolute Gasteiger partial charge is 0.360 e. The third kappa shape index (κ3) is 6.34. The lowest BCUT2D eigenvalue weighted by molar-refractivity contribution is -0.0733. The number of aromatic nitrogens is 3. The van der Waals surface area contributed by atoms with Gasteiger partial charge in [0.15, 0.2) is 17.9 Å². The van der Waals surface area contributed by atoms with Gasteiger partial charge in [0.2, 0.25) is 6.23 Å². The summed E-state index contributed by atoms with van der Waals surface area (Å²) in [5.41, 5.74) is 0.630. The van der Waals surface area contributed by atoms with Gasteiger partial charge in [0.1, 0.15) is 12.7 Å². The molecule has 214 valence electrons. The van der Waals surface area contributed by atoms with E-state index in [2.05, 4.69) is 10.2 Å². The molecule has 2 heterocycles. The molecule has 5 rings (SSSR count). The number of methoxy groups -OCH3 is 1. The van der Waals surface area contributed by atoms with Gasteiger partial charge in [-0.1, -0.05) is 54.6 Å². The standard InChI is InChI=1S/C30H25N3O9/c1-38-30(37)22-17-31-33(32-22)26-25(42-29(36)21-15-9-4-10-16-21)24(41-28(35)20-13-7-3-8-14-20)23(40-26)18-39-27(34)19-11-5-2-6-12-19/h2-17,23-26H,18H2,1H3/t23-,24-,25-,26-/m1/s1. The summed E-state index contributed by atoms with van der Waals surface area (Å²) in [7, 11) is 1.19. The van der Waals surface area contributed by atoms with Crippen molar-refractivity contribution in [3.8, 4) is 0 Å². The molecule has 4 aromatic rings. The van der Waals surface area contributed by atoms with Gasteiger partial charge in [0, 0.05) is 0 Å². The second-order valence-corrected chi connectivity index (χ2v) is 9.04. The molecule has 12 nitrogen and oxygen atoms in total. The lowest BCUT2D eigenvalue weighted by atomic mass is 10.1. The Morgan fingerprint density at radius 2 is 1.21 bits per heavy atom. The van der Waals surface area contributed by atoms with Crippen LogP contribution in [0.3, 0.4) is 0 Å². The zero-order valence-corrected chi connectivity index (χ0v) is 22.3. The molecule has 3 aromatic carbocycles. The van der Waals surface area contributed by atoms with E-state index in [9.17, 15) is 19.2 Å². The zero-order valence-electron chi connectivity index (χ0n) is 22.3. The molecule has 0 amide bonds. The van der Waals surface area contributed by atoms with Crippen molar-refractivity contribution in [2.24, 2.45) is 0 Å². The Morgan fingerprint density at radius 3 is 1.74 bits per heavy atom. The number of hydrogen-bond donors (Lipinski definition) is 0. The van der Waals surface area contributed by atoms with Crippen LogP contribution in [0.5, 0.6) is 0 Å². The molecule has 42 heavy (non-hydrogen) atoms. The van der Waals surface area contributed by atoms with E-state index in [4.69, 9.17) is 23.7 Å². The van der Waals surface area contributed by atoms with E-state index in [0.717, 1.165) is 11.0 Å². The lowest BCUT2D eigenvalue weighted by Gasteiger charge is -2.24. The van der Waals surface area contributed by atoms with Gasteiger partial charge in [-0.15, -0.1) is 5.10 Å². The molecule has 1 aliphatic heterocycles. The minimum absolute atomic E-state index is 0.133. The average molecular weight is 572 g/mol. The van der Waals surface area contributed by atoms with Crippen LogP contribution in [0.15, 0.2) is 97.2 Å². The maximum absolute atomic E-state index is 13.2. The summed E-state index contributed by atoms with van der Waals surface area (Å²) in [5, 5.41) is 8.20. The van der Waals surface area contributed by atoms with E-state index in [-0.39, 0.29) is 23.4 Å². The predicted octanol–water partition coefficient (Wildman–Crippen LogP) is 3.27. The third-order valence-corrected chi connectivity index (χ3v) is 6.31. The number of esters is 4. The maximum Gasteiger partial charge on any atom is 0.360 e. The Bertz CT molecular complexity index is 1540. The minimum Gasteiger partial charge on any atom is -0.464 e. The van der Waals surface area contributed by atoms with E-state index >= 15 is 0 Å². The maximum atomic E-state index is 13.2. The van der Waals surface area contributed by atoms with Gasteiger partial charge in [0.05, 0.1) is 30.0 Å². The second kappa shape index (κ2) is 12.9. The highest BCUT2D eigenvalue weighted by atomic mass is 16.7. The van der Waals surface area contributed by atoms with Crippen LogP contribution in [-0.4, -0.2) is 70.9 Å². The van der Waals surface area contributed by atoms with E-state index < -0.39 is 48.4 Å². The van der Waals surface area contributed by atoms with Crippen molar-refractivity contribution < 1.29 is 42.9 Å². The number of carbonyl (C=O) groups is 4. The van der Waals surface area contributed by atoms with Crippen LogP contribution in [0.1, 0.15) is 47.8 Å². The molecule has 0 bridgehead atoms. The molecule has 0 aliphatic carbocycles. The molecular weight excluding hydrogens is 546 g/mol. The number of rotatable bonds is 9. The van der Waals surface area contributed by atoms with Crippen LogP contribution in [0.25, 0.3) is 0 Å². The highest BCUT2D eigenvalue weighted by molar-refractivity contribution is 5.91. The summed E-state index contributed by atoms with van der Waals surface area (Å²) in [6.45, 7) is -0.374. The Labute approximate surface area is 239 Å². The first-order chi connectivity index (χ1) is 20.4. The van der Waals surface area contributed by atoms with Crippen LogP contribution in [0.2, 0.25) is 0 Å². The largest absolute Gasteiger partial charge is 0.464 e. The second-order valence-electron chi connectivity index (χ2n) is 9.04. The summed E-state index contributed by atoms with van der Waals surface area (Å²) in [4.78, 5) is 52.1. The average Bonchev–Trinajstić information content (AvgIpc) is 3.66. The van der Waals surface area contributed by atoms with Crippen LogP contribution < -0.4 is 0 Å². The summed E-state index contributed by atoms with van der Waals surface area (Å²) < 4.78 is 28.0. The Morgan fingerprint density at radius 1 is 0.714 bits per heavy atom. The van der Waals surface area contributed by atoms with Gasteiger partial charge in [0.25, 0.3) is 0 Å². The molecule has 0 saturated carbocycles. The summed E-state index contributed by atoms with van der Waals surface area (Å²) in [5.74, 6) is -2.86. The molecule has 0 radical (unpaired) electrons. The van der Waals surface area contributed by atoms with Crippen molar-refractivity contribution in [1.29, 1.82) is 0 Å². The van der Waals surface area contributed by atoms with Crippen molar-refractivity contribution in [3.63, 3.8) is 0 Å². The van der Waals surface area contributed by atoms with Gasteiger partial charge in [-0.3, -0.25) is 0 Å². The Hall–Kier alpha value is -5.36. The molecule has 1 aromatic heterocycles. The topological polar surface area (TPSA) is 145 Å². The van der Waals surface area contributed by atoms with Crippen LogP contribution in [0, 0.1) is 0 Å². The van der Waals surface area contributed by atoms with Crippen molar-refractivity contribution in [2.75, 3.05) is 13.7 Å². The van der Waals surface area contributed by atoms with Crippen molar-refractivity contribution in [1.82, 2.24) is 15.0 Å². The van der Waals surface area contributed by atoms with Gasteiger partial charge >= 0.3 is 23.9 Å². The van der Waals surface area contributed by atoms with E-state index in [1.807, 2.05) is 0 Å². The summed E-state index contributed by atoms with van der Waals surface area (Å²) in [6, 6.07) is 24.7. The molecule has 1 saturated heterocycles. The van der Waals surface area contributed by atoms with Crippen LogP contribution >= 0.6 is 0 Å². The number of carbonyl (C=O) groups excluding carboxylic acids is 4. The SMILES string of the molecule is COC(=O)c1cnn([C@@H]2O[C@H](COC(=O)c3ccccc3)[C@@H](OC(=O)c3ccccc3)[C@H]2OC(=O)c2ccccc2)n1.